The van der Waals surface area contributed by atoms with Crippen LogP contribution in [0, 0.1) is 0 Å². The molecular weight excluding hydrogens is 333 g/mol. The van der Waals surface area contributed by atoms with Crippen LogP contribution in [0.3, 0.4) is 0 Å². The van der Waals surface area contributed by atoms with Crippen molar-refractivity contribution in [3.05, 3.63) is 0 Å². The molecule has 0 spiro atoms. The molecule has 0 heterocycles. The minimum atomic E-state index is -3.81. The fraction of sp³-hybridized carbons (Fsp3) is 1.00. The summed E-state index contributed by atoms with van der Waals surface area (Å²) >= 11 is 0. The first kappa shape index (κ1) is 25.1. The van der Waals surface area contributed by atoms with Gasteiger partial charge in [-0.05, 0) is 33.0 Å². The van der Waals surface area contributed by atoms with Crippen LogP contribution in [0.5, 0.6) is 0 Å². The summed E-state index contributed by atoms with van der Waals surface area (Å²) in [6.45, 7) is 4.09. The van der Waals surface area contributed by atoms with E-state index in [1.165, 1.54) is 89.9 Å². The first-order valence-corrected chi connectivity index (χ1v) is 12.5. The summed E-state index contributed by atoms with van der Waals surface area (Å²) in [6.07, 6.45) is 19.8. The number of hydrogen-bond acceptors (Lipinski definition) is 2. The molecule has 0 aromatic carbocycles. The first-order valence-electron chi connectivity index (χ1n) is 10.7. The highest BCUT2D eigenvalue weighted by molar-refractivity contribution is 7.51. The van der Waals surface area contributed by atoms with Gasteiger partial charge in [0.15, 0.2) is 0 Å². The van der Waals surface area contributed by atoms with E-state index in [0.29, 0.717) is 6.42 Å². The van der Waals surface area contributed by atoms with Gasteiger partial charge in [-0.1, -0.05) is 90.4 Å². The molecule has 0 aliphatic carbocycles. The molecule has 0 aliphatic rings. The normalized spacial score (nSPS) is 12.2. The monoisotopic (exact) mass is 377 g/mol. The minimum absolute atomic E-state index is 0.0100. The summed E-state index contributed by atoms with van der Waals surface area (Å²) in [7, 11) is -1.77. The van der Waals surface area contributed by atoms with Gasteiger partial charge in [0.2, 0.25) is 0 Å². The third-order valence-corrected chi connectivity index (χ3v) is 5.78. The molecule has 0 saturated heterocycles. The Balaban J connectivity index is 3.17. The summed E-state index contributed by atoms with van der Waals surface area (Å²) in [5.74, 6) is 0. The largest absolute Gasteiger partial charge is 0.325 e. The Morgan fingerprint density at radius 2 is 1.00 bits per heavy atom. The van der Waals surface area contributed by atoms with E-state index in [0.717, 1.165) is 13.1 Å². The van der Waals surface area contributed by atoms with Crippen molar-refractivity contribution >= 4 is 7.60 Å². The number of unbranched alkanes of at least 4 members (excludes halogenated alkanes) is 13. The quantitative estimate of drug-likeness (QED) is 0.215. The Labute approximate surface area is 156 Å². The maximum atomic E-state index is 10.8. The van der Waals surface area contributed by atoms with Gasteiger partial charge in [-0.15, -0.1) is 0 Å². The van der Waals surface area contributed by atoms with E-state index in [4.69, 9.17) is 9.79 Å². The molecule has 0 unspecified atom stereocenters. The second-order valence-corrected chi connectivity index (χ2v) is 9.42. The molecule has 0 saturated carbocycles. The van der Waals surface area contributed by atoms with Gasteiger partial charge in [0.1, 0.15) is 0 Å². The van der Waals surface area contributed by atoms with Crippen molar-refractivity contribution in [3.63, 3.8) is 0 Å². The Morgan fingerprint density at radius 1 is 0.640 bits per heavy atom. The smallest absolute Gasteiger partial charge is 0.324 e. The van der Waals surface area contributed by atoms with Crippen molar-refractivity contribution in [2.75, 3.05) is 26.3 Å². The zero-order chi connectivity index (χ0) is 18.8. The molecule has 0 aliphatic heterocycles. The van der Waals surface area contributed by atoms with E-state index < -0.39 is 7.60 Å². The second kappa shape index (κ2) is 17.5. The van der Waals surface area contributed by atoms with E-state index >= 15 is 0 Å². The average molecular weight is 378 g/mol. The van der Waals surface area contributed by atoms with Gasteiger partial charge in [-0.3, -0.25) is 4.57 Å². The Bertz CT molecular complexity index is 320. The lowest BCUT2D eigenvalue weighted by molar-refractivity contribution is 0.317. The molecule has 0 fully saturated rings. The van der Waals surface area contributed by atoms with Crippen LogP contribution in [0.25, 0.3) is 0 Å². The molecule has 0 atom stereocenters. The van der Waals surface area contributed by atoms with Crippen LogP contribution in [0.15, 0.2) is 0 Å². The molecule has 4 nitrogen and oxygen atoms in total. The molecule has 0 aromatic heterocycles. The predicted molar refractivity (Wildman–Crippen MR) is 109 cm³/mol. The van der Waals surface area contributed by atoms with Gasteiger partial charge in [-0.2, -0.15) is 0 Å². The third kappa shape index (κ3) is 22.1. The van der Waals surface area contributed by atoms with Crippen molar-refractivity contribution in [2.24, 2.45) is 0 Å². The summed E-state index contributed by atoms with van der Waals surface area (Å²) in [4.78, 5) is 19.9. The lowest BCUT2D eigenvalue weighted by atomic mass is 10.0. The highest BCUT2D eigenvalue weighted by Crippen LogP contribution is 2.34. The summed E-state index contributed by atoms with van der Waals surface area (Å²) in [6, 6.07) is 0. The van der Waals surface area contributed by atoms with E-state index in [9.17, 15) is 4.57 Å². The highest BCUT2D eigenvalue weighted by Gasteiger charge is 2.12. The Hall–Kier alpha value is 0.110. The van der Waals surface area contributed by atoms with Crippen LogP contribution in [0.2, 0.25) is 0 Å². The summed E-state index contributed by atoms with van der Waals surface area (Å²) in [5, 5.41) is 0. The Morgan fingerprint density at radius 3 is 1.40 bits per heavy atom. The number of hydrogen-bond donors (Lipinski definition) is 2. The molecule has 25 heavy (non-hydrogen) atoms. The van der Waals surface area contributed by atoms with Gasteiger partial charge in [0.05, 0.1) is 6.16 Å². The van der Waals surface area contributed by atoms with Gasteiger partial charge in [0, 0.05) is 0 Å². The third-order valence-electron chi connectivity index (χ3n) is 4.88. The molecule has 0 amide bonds. The van der Waals surface area contributed by atoms with Crippen LogP contribution in [0.1, 0.15) is 103 Å². The van der Waals surface area contributed by atoms with Crippen molar-refractivity contribution < 1.29 is 14.4 Å². The predicted octanol–water partition coefficient (Wildman–Crippen LogP) is 5.97. The van der Waals surface area contributed by atoms with Crippen molar-refractivity contribution in [1.82, 2.24) is 4.90 Å². The van der Waals surface area contributed by atoms with Gasteiger partial charge < -0.3 is 14.7 Å². The van der Waals surface area contributed by atoms with Crippen LogP contribution in [-0.4, -0.2) is 41.0 Å². The van der Waals surface area contributed by atoms with Crippen LogP contribution in [-0.2, 0) is 4.57 Å². The molecular formula is C20H44NO3P. The average Bonchev–Trinajstić information content (AvgIpc) is 2.54. The van der Waals surface area contributed by atoms with E-state index in [1.807, 2.05) is 7.05 Å². The highest BCUT2D eigenvalue weighted by atomic mass is 31.2. The van der Waals surface area contributed by atoms with Gasteiger partial charge in [0.25, 0.3) is 0 Å². The van der Waals surface area contributed by atoms with E-state index in [1.54, 1.807) is 0 Å². The van der Waals surface area contributed by atoms with Crippen molar-refractivity contribution in [3.8, 4) is 0 Å². The fourth-order valence-corrected chi connectivity index (χ4v) is 3.79. The molecule has 5 heteroatoms. The zero-order valence-corrected chi connectivity index (χ0v) is 17.8. The first-order chi connectivity index (χ1) is 12.0. The van der Waals surface area contributed by atoms with Crippen LogP contribution < -0.4 is 0 Å². The Kier molecular flexibility index (Phi) is 17.6. The SMILES string of the molecule is CCCCCCCCCCCCCCCCN(C)CCCP(=O)(O)O. The standard InChI is InChI=1S/C20H44NO3P/c1-3-4-5-6-7-8-9-10-11-12-13-14-15-16-18-21(2)19-17-20-25(22,23)24/h3-20H2,1-2H3,(H2,22,23,24). The summed E-state index contributed by atoms with van der Waals surface area (Å²) < 4.78 is 10.8. The zero-order valence-electron chi connectivity index (χ0n) is 16.9. The maximum Gasteiger partial charge on any atom is 0.325 e. The molecule has 152 valence electrons. The van der Waals surface area contributed by atoms with E-state index in [-0.39, 0.29) is 6.16 Å². The molecule has 0 aromatic rings. The lowest BCUT2D eigenvalue weighted by Crippen LogP contribution is -2.21. The fourth-order valence-electron chi connectivity index (χ4n) is 3.23. The van der Waals surface area contributed by atoms with Gasteiger partial charge >= 0.3 is 7.60 Å². The van der Waals surface area contributed by atoms with E-state index in [2.05, 4.69) is 11.8 Å². The van der Waals surface area contributed by atoms with Crippen molar-refractivity contribution in [1.29, 1.82) is 0 Å². The summed E-state index contributed by atoms with van der Waals surface area (Å²) in [5.41, 5.74) is 0. The lowest BCUT2D eigenvalue weighted by Gasteiger charge is -2.16. The van der Waals surface area contributed by atoms with Gasteiger partial charge in [-0.25, -0.2) is 0 Å². The molecule has 0 rings (SSSR count). The molecule has 0 radical (unpaired) electrons. The number of rotatable bonds is 19. The minimum Gasteiger partial charge on any atom is -0.324 e. The second-order valence-electron chi connectivity index (χ2n) is 7.64. The topological polar surface area (TPSA) is 60.8 Å². The van der Waals surface area contributed by atoms with Crippen molar-refractivity contribution in [2.45, 2.75) is 103 Å². The molecule has 2 N–H and O–H groups in total. The molecule has 0 bridgehead atoms. The van der Waals surface area contributed by atoms with Crippen LogP contribution in [0.4, 0.5) is 0 Å². The number of nitrogens with zero attached hydrogens (tertiary/aromatic N) is 1. The maximum absolute atomic E-state index is 10.8. The van der Waals surface area contributed by atoms with Crippen LogP contribution >= 0.6 is 7.60 Å².